The molecule has 0 aliphatic heterocycles. The lowest BCUT2D eigenvalue weighted by molar-refractivity contribution is -0.118. The van der Waals surface area contributed by atoms with Crippen LogP contribution in [0.3, 0.4) is 0 Å². The van der Waals surface area contributed by atoms with Crippen LogP contribution >= 0.6 is 15.9 Å². The number of anilines is 1. The average Bonchev–Trinajstić information content (AvgIpc) is 2.47. The minimum atomic E-state index is -0.443. The van der Waals surface area contributed by atoms with Crippen LogP contribution in [0.1, 0.15) is 5.56 Å². The highest BCUT2D eigenvalue weighted by Gasteiger charge is 2.06. The molecule has 0 aromatic heterocycles. The first-order chi connectivity index (χ1) is 10.1. The maximum Gasteiger partial charge on any atom is 0.262 e. The van der Waals surface area contributed by atoms with E-state index in [9.17, 15) is 9.18 Å². The molecule has 2 rings (SSSR count). The molecule has 2 aromatic carbocycles. The van der Waals surface area contributed by atoms with E-state index in [4.69, 9.17) is 10.5 Å². The van der Waals surface area contributed by atoms with Crippen molar-refractivity contribution in [2.45, 2.75) is 6.54 Å². The number of hydrogen-bond donors (Lipinski definition) is 2. The van der Waals surface area contributed by atoms with Gasteiger partial charge in [0.15, 0.2) is 6.61 Å². The Kier molecular flexibility index (Phi) is 5.30. The number of benzene rings is 2. The fourth-order valence-electron chi connectivity index (χ4n) is 1.70. The zero-order valence-electron chi connectivity index (χ0n) is 11.1. The minimum absolute atomic E-state index is 0.205. The van der Waals surface area contributed by atoms with Gasteiger partial charge in [0, 0.05) is 22.8 Å². The first-order valence-electron chi connectivity index (χ1n) is 6.24. The number of halogens is 2. The molecule has 4 nitrogen and oxygen atoms in total. The Morgan fingerprint density at radius 2 is 1.95 bits per heavy atom. The summed E-state index contributed by atoms with van der Waals surface area (Å²) in [6.07, 6.45) is 0. The van der Waals surface area contributed by atoms with Gasteiger partial charge in [0.2, 0.25) is 0 Å². The van der Waals surface area contributed by atoms with Crippen LogP contribution in [0.2, 0.25) is 0 Å². The van der Waals surface area contributed by atoms with Crippen molar-refractivity contribution in [2.75, 3.05) is 11.9 Å². The average molecular weight is 353 g/mol. The molecule has 0 aliphatic rings. The van der Waals surface area contributed by atoms with E-state index in [0.717, 1.165) is 4.47 Å². The Morgan fingerprint density at radius 1 is 1.24 bits per heavy atom. The molecular formula is C15H14BrFN2O2. The molecule has 3 N–H and O–H groups in total. The van der Waals surface area contributed by atoms with Crippen LogP contribution in [0.4, 0.5) is 10.1 Å². The van der Waals surface area contributed by atoms with Gasteiger partial charge in [-0.1, -0.05) is 15.9 Å². The summed E-state index contributed by atoms with van der Waals surface area (Å²) in [5, 5.41) is 2.68. The summed E-state index contributed by atoms with van der Waals surface area (Å²) in [6.45, 7) is 0.00272. The smallest absolute Gasteiger partial charge is 0.262 e. The fraction of sp³-hybridized carbons (Fsp3) is 0.133. The molecule has 110 valence electrons. The van der Waals surface area contributed by atoms with Gasteiger partial charge >= 0.3 is 0 Å². The maximum absolute atomic E-state index is 13.3. The lowest BCUT2D eigenvalue weighted by atomic mass is 10.2. The molecule has 0 aliphatic carbocycles. The van der Waals surface area contributed by atoms with Crippen molar-refractivity contribution < 1.29 is 13.9 Å². The Hall–Kier alpha value is -1.92. The Balaban J connectivity index is 1.92. The van der Waals surface area contributed by atoms with Crippen LogP contribution in [0.25, 0.3) is 0 Å². The van der Waals surface area contributed by atoms with E-state index in [1.54, 1.807) is 18.2 Å². The second-order valence-electron chi connectivity index (χ2n) is 4.34. The lowest BCUT2D eigenvalue weighted by Gasteiger charge is -2.09. The predicted octanol–water partition coefficient (Wildman–Crippen LogP) is 3.06. The Labute approximate surface area is 130 Å². The van der Waals surface area contributed by atoms with E-state index in [1.165, 1.54) is 12.1 Å². The van der Waals surface area contributed by atoms with Gasteiger partial charge in [-0.3, -0.25) is 4.79 Å². The quantitative estimate of drug-likeness (QED) is 0.868. The molecule has 1 amide bonds. The van der Waals surface area contributed by atoms with E-state index in [1.807, 2.05) is 12.1 Å². The zero-order valence-corrected chi connectivity index (χ0v) is 12.7. The monoisotopic (exact) mass is 352 g/mol. The van der Waals surface area contributed by atoms with E-state index in [-0.39, 0.29) is 24.8 Å². The van der Waals surface area contributed by atoms with Gasteiger partial charge in [0.25, 0.3) is 5.91 Å². The maximum atomic E-state index is 13.3. The van der Waals surface area contributed by atoms with Gasteiger partial charge in [-0.25, -0.2) is 4.39 Å². The van der Waals surface area contributed by atoms with E-state index in [0.29, 0.717) is 11.3 Å². The molecule has 0 atom stereocenters. The summed E-state index contributed by atoms with van der Waals surface area (Å²) in [6, 6.07) is 11.3. The molecule has 0 fully saturated rings. The number of carbonyl (C=O) groups is 1. The standard InChI is InChI=1S/C15H14BrFN2O2/c16-11-1-3-13(4-2-11)19-15(20)9-21-14-6-10(8-18)5-12(17)7-14/h1-7H,8-9,18H2,(H,19,20). The molecule has 2 aromatic rings. The van der Waals surface area contributed by atoms with Crippen molar-refractivity contribution in [1.82, 2.24) is 0 Å². The number of nitrogens with one attached hydrogen (secondary N) is 1. The van der Waals surface area contributed by atoms with Crippen LogP contribution in [0.5, 0.6) is 5.75 Å². The molecule has 0 saturated heterocycles. The van der Waals surface area contributed by atoms with Crippen molar-refractivity contribution >= 4 is 27.5 Å². The summed E-state index contributed by atoms with van der Waals surface area (Å²) in [4.78, 5) is 11.7. The third-order valence-electron chi connectivity index (χ3n) is 2.66. The first kappa shape index (κ1) is 15.5. The third-order valence-corrected chi connectivity index (χ3v) is 3.19. The van der Waals surface area contributed by atoms with Crippen molar-refractivity contribution in [2.24, 2.45) is 5.73 Å². The normalized spacial score (nSPS) is 10.2. The minimum Gasteiger partial charge on any atom is -0.484 e. The SMILES string of the molecule is NCc1cc(F)cc(OCC(=O)Nc2ccc(Br)cc2)c1. The van der Waals surface area contributed by atoms with Crippen LogP contribution in [0, 0.1) is 5.82 Å². The third kappa shape index (κ3) is 4.84. The van der Waals surface area contributed by atoms with Crippen LogP contribution in [-0.2, 0) is 11.3 Å². The Morgan fingerprint density at radius 3 is 2.62 bits per heavy atom. The topological polar surface area (TPSA) is 64.3 Å². The molecule has 6 heteroatoms. The van der Waals surface area contributed by atoms with Crippen molar-refractivity contribution in [3.05, 3.63) is 58.3 Å². The lowest BCUT2D eigenvalue weighted by Crippen LogP contribution is -2.20. The van der Waals surface area contributed by atoms with Crippen LogP contribution in [0.15, 0.2) is 46.9 Å². The highest BCUT2D eigenvalue weighted by molar-refractivity contribution is 9.10. The Bertz CT molecular complexity index is 632. The van der Waals surface area contributed by atoms with Gasteiger partial charge in [0.05, 0.1) is 0 Å². The molecule has 0 heterocycles. The largest absolute Gasteiger partial charge is 0.484 e. The highest BCUT2D eigenvalue weighted by Crippen LogP contribution is 2.17. The molecule has 0 unspecified atom stereocenters. The van der Waals surface area contributed by atoms with Gasteiger partial charge in [0.1, 0.15) is 11.6 Å². The van der Waals surface area contributed by atoms with Crippen molar-refractivity contribution in [1.29, 1.82) is 0 Å². The molecule has 0 spiro atoms. The summed E-state index contributed by atoms with van der Waals surface area (Å²) < 4.78 is 19.5. The molecule has 0 radical (unpaired) electrons. The van der Waals surface area contributed by atoms with E-state index >= 15 is 0 Å². The number of ether oxygens (including phenoxy) is 1. The van der Waals surface area contributed by atoms with Crippen LogP contribution in [-0.4, -0.2) is 12.5 Å². The van der Waals surface area contributed by atoms with Crippen molar-refractivity contribution in [3.63, 3.8) is 0 Å². The summed E-state index contributed by atoms with van der Waals surface area (Å²) in [5.74, 6) is -0.487. The first-order valence-corrected chi connectivity index (χ1v) is 7.04. The van der Waals surface area contributed by atoms with Gasteiger partial charge < -0.3 is 15.8 Å². The summed E-state index contributed by atoms with van der Waals surface area (Å²) in [7, 11) is 0. The predicted molar refractivity (Wildman–Crippen MR) is 82.6 cm³/mol. The molecule has 0 bridgehead atoms. The van der Waals surface area contributed by atoms with Gasteiger partial charge in [-0.2, -0.15) is 0 Å². The second kappa shape index (κ2) is 7.19. The number of nitrogens with two attached hydrogens (primary N) is 1. The van der Waals surface area contributed by atoms with Gasteiger partial charge in [-0.05, 0) is 42.0 Å². The van der Waals surface area contributed by atoms with Gasteiger partial charge in [-0.15, -0.1) is 0 Å². The number of carbonyl (C=O) groups excluding carboxylic acids is 1. The van der Waals surface area contributed by atoms with Crippen LogP contribution < -0.4 is 15.8 Å². The number of rotatable bonds is 5. The second-order valence-corrected chi connectivity index (χ2v) is 5.26. The van der Waals surface area contributed by atoms with E-state index in [2.05, 4.69) is 21.2 Å². The molecular weight excluding hydrogens is 339 g/mol. The van der Waals surface area contributed by atoms with E-state index < -0.39 is 5.82 Å². The van der Waals surface area contributed by atoms with Crippen molar-refractivity contribution in [3.8, 4) is 5.75 Å². The summed E-state index contributed by atoms with van der Waals surface area (Å²) in [5.41, 5.74) is 6.72. The molecule has 0 saturated carbocycles. The molecule has 21 heavy (non-hydrogen) atoms. The summed E-state index contributed by atoms with van der Waals surface area (Å²) >= 11 is 3.31. The fourth-order valence-corrected chi connectivity index (χ4v) is 1.97. The number of hydrogen-bond acceptors (Lipinski definition) is 3. The highest BCUT2D eigenvalue weighted by atomic mass is 79.9. The number of amides is 1. The zero-order chi connectivity index (χ0) is 15.2.